The zero-order chi connectivity index (χ0) is 13.6. The van der Waals surface area contributed by atoms with Crippen molar-refractivity contribution < 1.29 is 9.84 Å². The number of anilines is 1. The molecule has 4 heteroatoms. The van der Waals surface area contributed by atoms with Crippen molar-refractivity contribution in [1.29, 1.82) is 0 Å². The Bertz CT molecular complexity index is 363. The zero-order valence-corrected chi connectivity index (χ0v) is 11.7. The molecule has 1 unspecified atom stereocenters. The molecule has 102 valence electrons. The molecule has 0 fully saturated rings. The number of aliphatic hydroxyl groups excluding tert-OH is 1. The van der Waals surface area contributed by atoms with Crippen LogP contribution in [0.15, 0.2) is 24.3 Å². The van der Waals surface area contributed by atoms with E-state index < -0.39 is 0 Å². The lowest BCUT2D eigenvalue weighted by Gasteiger charge is -2.26. The lowest BCUT2D eigenvalue weighted by molar-refractivity contribution is 0.151. The van der Waals surface area contributed by atoms with Crippen LogP contribution in [-0.2, 0) is 0 Å². The van der Waals surface area contributed by atoms with Crippen molar-refractivity contribution in [2.24, 2.45) is 0 Å². The number of hydrogen-bond acceptors (Lipinski definition) is 4. The predicted octanol–water partition coefficient (Wildman–Crippen LogP) is 1.49. The monoisotopic (exact) mass is 252 g/mol. The third-order valence-corrected chi connectivity index (χ3v) is 3.21. The van der Waals surface area contributed by atoms with E-state index in [1.807, 2.05) is 57.2 Å². The minimum absolute atomic E-state index is 0.102. The van der Waals surface area contributed by atoms with Crippen molar-refractivity contribution in [3.8, 4) is 5.75 Å². The largest absolute Gasteiger partial charge is 0.493 e. The fourth-order valence-corrected chi connectivity index (χ4v) is 1.53. The van der Waals surface area contributed by atoms with E-state index in [0.29, 0.717) is 6.61 Å². The van der Waals surface area contributed by atoms with E-state index in [0.717, 1.165) is 17.9 Å². The summed E-state index contributed by atoms with van der Waals surface area (Å²) in [5.41, 5.74) is 0.838. The summed E-state index contributed by atoms with van der Waals surface area (Å²) in [6, 6.07) is 7.98. The summed E-state index contributed by atoms with van der Waals surface area (Å²) in [7, 11) is 5.86. The van der Waals surface area contributed by atoms with Crippen LogP contribution in [-0.4, -0.2) is 45.0 Å². The second-order valence-corrected chi connectivity index (χ2v) is 4.96. The van der Waals surface area contributed by atoms with Gasteiger partial charge in [0.15, 0.2) is 0 Å². The molecular formula is C14H24N2O2. The molecule has 0 amide bonds. The summed E-state index contributed by atoms with van der Waals surface area (Å²) in [5.74, 6) is 0.859. The number of hydrogen-bond donors (Lipinski definition) is 2. The lowest BCUT2D eigenvalue weighted by atomic mass is 10.0. The van der Waals surface area contributed by atoms with E-state index in [1.165, 1.54) is 0 Å². The molecule has 0 aliphatic carbocycles. The van der Waals surface area contributed by atoms with Crippen molar-refractivity contribution in [3.05, 3.63) is 24.3 Å². The molecule has 0 aliphatic heterocycles. The lowest BCUT2D eigenvalue weighted by Crippen LogP contribution is -2.44. The van der Waals surface area contributed by atoms with Gasteiger partial charge in [0.1, 0.15) is 5.75 Å². The molecule has 0 aliphatic rings. The molecule has 0 saturated heterocycles. The number of rotatable bonds is 7. The van der Waals surface area contributed by atoms with E-state index in [1.54, 1.807) is 0 Å². The summed E-state index contributed by atoms with van der Waals surface area (Å²) in [5, 5.41) is 12.4. The fourth-order valence-electron chi connectivity index (χ4n) is 1.53. The van der Waals surface area contributed by atoms with Gasteiger partial charge in [-0.25, -0.2) is 0 Å². The van der Waals surface area contributed by atoms with Crippen molar-refractivity contribution in [2.75, 3.05) is 39.3 Å². The minimum atomic E-state index is -0.279. The highest BCUT2D eigenvalue weighted by Crippen LogP contribution is 2.20. The highest BCUT2D eigenvalue weighted by molar-refractivity contribution is 5.49. The normalized spacial score (nSPS) is 14.1. The van der Waals surface area contributed by atoms with Crippen molar-refractivity contribution in [3.63, 3.8) is 0 Å². The number of aliphatic hydroxyl groups is 1. The first-order chi connectivity index (χ1) is 8.50. The van der Waals surface area contributed by atoms with Gasteiger partial charge in [0.2, 0.25) is 0 Å². The Morgan fingerprint density at radius 2 is 2.11 bits per heavy atom. The number of nitrogens with one attached hydrogen (secondary N) is 1. The highest BCUT2D eigenvalue weighted by atomic mass is 16.5. The van der Waals surface area contributed by atoms with Gasteiger partial charge in [-0.2, -0.15) is 0 Å². The molecule has 0 aromatic heterocycles. The van der Waals surface area contributed by atoms with Crippen LogP contribution in [0.5, 0.6) is 5.75 Å². The van der Waals surface area contributed by atoms with Gasteiger partial charge in [-0.05, 0) is 26.1 Å². The summed E-state index contributed by atoms with van der Waals surface area (Å²) in [6.45, 7) is 2.66. The first-order valence-electron chi connectivity index (χ1n) is 6.21. The molecule has 1 atom stereocenters. The van der Waals surface area contributed by atoms with E-state index in [2.05, 4.69) is 5.32 Å². The van der Waals surface area contributed by atoms with Crippen LogP contribution in [0.3, 0.4) is 0 Å². The van der Waals surface area contributed by atoms with Crippen LogP contribution in [0.1, 0.15) is 13.3 Å². The highest BCUT2D eigenvalue weighted by Gasteiger charge is 2.20. The summed E-state index contributed by atoms with van der Waals surface area (Å²) in [6.07, 6.45) is 0.756. The number of nitrogens with zero attached hydrogens (tertiary/aromatic N) is 1. The molecule has 1 rings (SSSR count). The molecular weight excluding hydrogens is 228 g/mol. The van der Waals surface area contributed by atoms with Crippen LogP contribution in [0.4, 0.5) is 5.69 Å². The quantitative estimate of drug-likeness (QED) is 0.772. The molecule has 1 aromatic rings. The maximum atomic E-state index is 9.27. The Labute approximate surface area is 110 Å². The Hall–Kier alpha value is -1.26. The molecule has 18 heavy (non-hydrogen) atoms. The van der Waals surface area contributed by atoms with E-state index in [9.17, 15) is 5.11 Å². The van der Waals surface area contributed by atoms with Crippen molar-refractivity contribution in [2.45, 2.75) is 18.9 Å². The third kappa shape index (κ3) is 4.20. The average Bonchev–Trinajstić information content (AvgIpc) is 2.39. The standard InChI is InChI=1S/C14H24N2O2/c1-14(11-17,15-2)8-9-18-13-7-5-6-12(10-13)16(3)4/h5-7,10,15,17H,8-9,11H2,1-4H3. The number of ether oxygens (including phenoxy) is 1. The maximum absolute atomic E-state index is 9.27. The van der Waals surface area contributed by atoms with Gasteiger partial charge < -0.3 is 20.1 Å². The van der Waals surface area contributed by atoms with Gasteiger partial charge in [0, 0.05) is 37.8 Å². The van der Waals surface area contributed by atoms with Gasteiger partial charge in [0.25, 0.3) is 0 Å². The van der Waals surface area contributed by atoms with E-state index in [-0.39, 0.29) is 12.1 Å². The molecule has 0 bridgehead atoms. The molecule has 4 nitrogen and oxygen atoms in total. The Morgan fingerprint density at radius 1 is 1.39 bits per heavy atom. The molecule has 0 radical (unpaired) electrons. The van der Waals surface area contributed by atoms with Crippen LogP contribution in [0.2, 0.25) is 0 Å². The second kappa shape index (κ2) is 6.61. The van der Waals surface area contributed by atoms with Gasteiger partial charge >= 0.3 is 0 Å². The van der Waals surface area contributed by atoms with Crippen molar-refractivity contribution >= 4 is 5.69 Å². The molecule has 0 heterocycles. The SMILES string of the molecule is CNC(C)(CO)CCOc1cccc(N(C)C)c1. The van der Waals surface area contributed by atoms with Crippen LogP contribution >= 0.6 is 0 Å². The topological polar surface area (TPSA) is 44.7 Å². The molecule has 0 spiro atoms. The number of benzene rings is 1. The first-order valence-corrected chi connectivity index (χ1v) is 6.21. The summed E-state index contributed by atoms with van der Waals surface area (Å²) < 4.78 is 5.72. The fraction of sp³-hybridized carbons (Fsp3) is 0.571. The average molecular weight is 252 g/mol. The number of likely N-dealkylation sites (N-methyl/N-ethyl adjacent to an activating group) is 1. The van der Waals surface area contributed by atoms with Crippen LogP contribution in [0, 0.1) is 0 Å². The van der Waals surface area contributed by atoms with Crippen LogP contribution < -0.4 is 15.0 Å². The van der Waals surface area contributed by atoms with Crippen LogP contribution in [0.25, 0.3) is 0 Å². The van der Waals surface area contributed by atoms with Gasteiger partial charge in [0.05, 0.1) is 13.2 Å². The van der Waals surface area contributed by atoms with Gasteiger partial charge in [-0.15, -0.1) is 0 Å². The Kier molecular flexibility index (Phi) is 5.44. The Morgan fingerprint density at radius 3 is 2.67 bits per heavy atom. The Balaban J connectivity index is 2.51. The third-order valence-electron chi connectivity index (χ3n) is 3.21. The molecule has 1 aromatic carbocycles. The molecule has 0 saturated carbocycles. The zero-order valence-electron chi connectivity index (χ0n) is 11.7. The minimum Gasteiger partial charge on any atom is -0.493 e. The summed E-state index contributed by atoms with van der Waals surface area (Å²) in [4.78, 5) is 2.04. The van der Waals surface area contributed by atoms with Crippen molar-refractivity contribution in [1.82, 2.24) is 5.32 Å². The van der Waals surface area contributed by atoms with Gasteiger partial charge in [-0.1, -0.05) is 6.07 Å². The maximum Gasteiger partial charge on any atom is 0.121 e. The second-order valence-electron chi connectivity index (χ2n) is 4.96. The predicted molar refractivity (Wildman–Crippen MR) is 75.4 cm³/mol. The summed E-state index contributed by atoms with van der Waals surface area (Å²) >= 11 is 0. The van der Waals surface area contributed by atoms with E-state index in [4.69, 9.17) is 4.74 Å². The van der Waals surface area contributed by atoms with Gasteiger partial charge in [-0.3, -0.25) is 0 Å². The van der Waals surface area contributed by atoms with E-state index >= 15 is 0 Å². The molecule has 2 N–H and O–H groups in total. The first kappa shape index (κ1) is 14.8. The smallest absolute Gasteiger partial charge is 0.121 e.